The van der Waals surface area contributed by atoms with E-state index in [1.807, 2.05) is 31.1 Å². The molecule has 33 heavy (non-hydrogen) atoms. The van der Waals surface area contributed by atoms with Crippen LogP contribution >= 0.6 is 0 Å². The minimum atomic E-state index is -4.60. The van der Waals surface area contributed by atoms with Crippen molar-refractivity contribution in [2.24, 2.45) is 0 Å². The molecular weight excluding hydrogens is 431 g/mol. The number of halogens is 3. The minimum absolute atomic E-state index is 0.00112. The summed E-state index contributed by atoms with van der Waals surface area (Å²) in [6.45, 7) is 0. The van der Waals surface area contributed by atoms with Gasteiger partial charge in [0.15, 0.2) is 0 Å². The summed E-state index contributed by atoms with van der Waals surface area (Å²) in [4.78, 5) is 29.4. The Bertz CT molecular complexity index is 1230. The summed E-state index contributed by atoms with van der Waals surface area (Å²) in [7, 11) is 3.79. The fourth-order valence-corrected chi connectivity index (χ4v) is 3.56. The number of imide groups is 1. The molecule has 2 amide bonds. The van der Waals surface area contributed by atoms with Crippen LogP contribution in [0.5, 0.6) is 0 Å². The predicted octanol–water partition coefficient (Wildman–Crippen LogP) is 5.17. The number of anilines is 3. The topological polar surface area (TPSA) is 52.7 Å². The Morgan fingerprint density at radius 2 is 1.48 bits per heavy atom. The van der Waals surface area contributed by atoms with Gasteiger partial charge in [-0.25, -0.2) is 4.90 Å². The molecular formula is C25H20F3N3O2. The van der Waals surface area contributed by atoms with Crippen LogP contribution in [-0.2, 0) is 15.8 Å². The summed E-state index contributed by atoms with van der Waals surface area (Å²) in [6.07, 6.45) is -4.60. The fourth-order valence-electron chi connectivity index (χ4n) is 3.56. The number of alkyl halides is 3. The van der Waals surface area contributed by atoms with Crippen molar-refractivity contribution in [2.75, 3.05) is 29.2 Å². The Morgan fingerprint density at radius 1 is 0.818 bits per heavy atom. The maximum Gasteiger partial charge on any atom is 0.416 e. The Morgan fingerprint density at radius 3 is 2.09 bits per heavy atom. The van der Waals surface area contributed by atoms with Crippen LogP contribution in [0.3, 0.4) is 0 Å². The van der Waals surface area contributed by atoms with Crippen molar-refractivity contribution in [3.05, 3.63) is 95.7 Å². The maximum absolute atomic E-state index is 13.3. The second-order valence-corrected chi connectivity index (χ2v) is 7.68. The molecule has 0 atom stereocenters. The summed E-state index contributed by atoms with van der Waals surface area (Å²) in [5, 5.41) is 3.01. The van der Waals surface area contributed by atoms with Gasteiger partial charge in [0.2, 0.25) is 0 Å². The molecule has 0 aromatic heterocycles. The van der Waals surface area contributed by atoms with Gasteiger partial charge in [-0.15, -0.1) is 0 Å². The lowest BCUT2D eigenvalue weighted by atomic mass is 10.0. The fraction of sp³-hybridized carbons (Fsp3) is 0.120. The lowest BCUT2D eigenvalue weighted by Crippen LogP contribution is -2.32. The van der Waals surface area contributed by atoms with Gasteiger partial charge < -0.3 is 10.2 Å². The number of nitrogens with zero attached hydrogens (tertiary/aromatic N) is 2. The normalized spacial score (nSPS) is 14.2. The minimum Gasteiger partial charge on any atom is -0.378 e. The number of hydrogen-bond donors (Lipinski definition) is 1. The molecule has 3 aromatic rings. The molecule has 0 aliphatic carbocycles. The first-order chi connectivity index (χ1) is 15.7. The highest BCUT2D eigenvalue weighted by molar-refractivity contribution is 6.46. The largest absolute Gasteiger partial charge is 0.416 e. The molecule has 0 radical (unpaired) electrons. The van der Waals surface area contributed by atoms with E-state index in [4.69, 9.17) is 0 Å². The van der Waals surface area contributed by atoms with Crippen LogP contribution < -0.4 is 15.1 Å². The van der Waals surface area contributed by atoms with E-state index in [1.165, 1.54) is 12.1 Å². The van der Waals surface area contributed by atoms with Gasteiger partial charge in [0.1, 0.15) is 5.70 Å². The summed E-state index contributed by atoms with van der Waals surface area (Å²) in [5.41, 5.74) is 0.998. The molecule has 0 unspecified atom stereocenters. The highest BCUT2D eigenvalue weighted by atomic mass is 19.4. The lowest BCUT2D eigenvalue weighted by molar-refractivity contribution is -0.137. The number of rotatable bonds is 5. The van der Waals surface area contributed by atoms with Gasteiger partial charge in [0.05, 0.1) is 16.8 Å². The summed E-state index contributed by atoms with van der Waals surface area (Å²) >= 11 is 0. The van der Waals surface area contributed by atoms with Crippen LogP contribution in [0, 0.1) is 0 Å². The number of carbonyl (C=O) groups is 2. The van der Waals surface area contributed by atoms with Gasteiger partial charge in [-0.2, -0.15) is 13.2 Å². The van der Waals surface area contributed by atoms with Crippen molar-refractivity contribution in [2.45, 2.75) is 6.18 Å². The van der Waals surface area contributed by atoms with Crippen LogP contribution in [0.15, 0.2) is 84.6 Å². The Balaban J connectivity index is 1.77. The molecule has 1 N–H and O–H groups in total. The van der Waals surface area contributed by atoms with Gasteiger partial charge in [-0.05, 0) is 48.0 Å². The number of nitrogens with one attached hydrogen (secondary N) is 1. The van der Waals surface area contributed by atoms with E-state index in [-0.39, 0.29) is 17.0 Å². The Kier molecular flexibility index (Phi) is 5.68. The summed E-state index contributed by atoms with van der Waals surface area (Å²) in [5.74, 6) is -1.42. The van der Waals surface area contributed by atoms with Gasteiger partial charge >= 0.3 is 6.18 Å². The number of hydrogen-bond acceptors (Lipinski definition) is 4. The highest BCUT2D eigenvalue weighted by Gasteiger charge is 2.41. The predicted molar refractivity (Wildman–Crippen MR) is 122 cm³/mol. The molecule has 0 saturated heterocycles. The molecule has 0 saturated carbocycles. The van der Waals surface area contributed by atoms with Crippen LogP contribution in [0.1, 0.15) is 11.1 Å². The Hall–Kier alpha value is -4.07. The zero-order chi connectivity index (χ0) is 23.8. The zero-order valence-electron chi connectivity index (χ0n) is 17.9. The van der Waals surface area contributed by atoms with Crippen LogP contribution in [-0.4, -0.2) is 25.9 Å². The quantitative estimate of drug-likeness (QED) is 0.544. The van der Waals surface area contributed by atoms with Crippen molar-refractivity contribution < 1.29 is 22.8 Å². The van der Waals surface area contributed by atoms with Crippen molar-refractivity contribution in [1.29, 1.82) is 0 Å². The summed E-state index contributed by atoms with van der Waals surface area (Å²) < 4.78 is 39.7. The van der Waals surface area contributed by atoms with E-state index in [0.29, 0.717) is 11.3 Å². The van der Waals surface area contributed by atoms with Gasteiger partial charge in [-0.3, -0.25) is 9.59 Å². The third-order valence-corrected chi connectivity index (χ3v) is 5.23. The number of benzene rings is 3. The Labute approximate surface area is 188 Å². The first kappa shape index (κ1) is 22.1. The highest BCUT2D eigenvalue weighted by Crippen LogP contribution is 2.37. The van der Waals surface area contributed by atoms with Crippen molar-refractivity contribution >= 4 is 34.4 Å². The van der Waals surface area contributed by atoms with Crippen LogP contribution in [0.2, 0.25) is 0 Å². The number of amides is 2. The summed E-state index contributed by atoms with van der Waals surface area (Å²) in [6, 6.07) is 19.9. The molecule has 1 aliphatic heterocycles. The first-order valence-electron chi connectivity index (χ1n) is 10.1. The molecule has 4 rings (SSSR count). The molecule has 8 heteroatoms. The molecule has 0 bridgehead atoms. The van der Waals surface area contributed by atoms with E-state index in [9.17, 15) is 22.8 Å². The monoisotopic (exact) mass is 451 g/mol. The molecule has 168 valence electrons. The lowest BCUT2D eigenvalue weighted by Gasteiger charge is -2.17. The second kappa shape index (κ2) is 8.46. The molecule has 5 nitrogen and oxygen atoms in total. The molecule has 0 fully saturated rings. The smallest absolute Gasteiger partial charge is 0.378 e. The maximum atomic E-state index is 13.3. The SMILES string of the molecule is CN(C)c1ccc(NC2=C(c3ccccc3)C(=O)N(c3cccc(C(F)(F)F)c3)C2=O)cc1. The third kappa shape index (κ3) is 4.32. The zero-order valence-corrected chi connectivity index (χ0v) is 17.9. The average molecular weight is 451 g/mol. The third-order valence-electron chi connectivity index (χ3n) is 5.23. The van der Waals surface area contributed by atoms with E-state index in [0.717, 1.165) is 22.7 Å². The van der Waals surface area contributed by atoms with E-state index in [1.54, 1.807) is 42.5 Å². The molecule has 3 aromatic carbocycles. The molecule has 1 heterocycles. The van der Waals surface area contributed by atoms with E-state index >= 15 is 0 Å². The first-order valence-corrected chi connectivity index (χ1v) is 10.1. The van der Waals surface area contributed by atoms with Crippen molar-refractivity contribution in [3.8, 4) is 0 Å². The van der Waals surface area contributed by atoms with Crippen LogP contribution in [0.25, 0.3) is 5.57 Å². The number of carbonyl (C=O) groups excluding carboxylic acids is 2. The van der Waals surface area contributed by atoms with Crippen LogP contribution in [0.4, 0.5) is 30.2 Å². The van der Waals surface area contributed by atoms with Crippen molar-refractivity contribution in [1.82, 2.24) is 0 Å². The van der Waals surface area contributed by atoms with Gasteiger partial charge in [0.25, 0.3) is 11.8 Å². The van der Waals surface area contributed by atoms with E-state index in [2.05, 4.69) is 5.32 Å². The second-order valence-electron chi connectivity index (χ2n) is 7.68. The molecule has 1 aliphatic rings. The standard InChI is InChI=1S/C25H20F3N3O2/c1-30(2)19-13-11-18(12-14-19)29-22-21(16-7-4-3-5-8-16)23(32)31(24(22)33)20-10-6-9-17(15-20)25(26,27)28/h3-15,29H,1-2H3. The van der Waals surface area contributed by atoms with Crippen molar-refractivity contribution in [3.63, 3.8) is 0 Å². The van der Waals surface area contributed by atoms with E-state index < -0.39 is 23.6 Å². The molecule has 0 spiro atoms. The van der Waals surface area contributed by atoms with Gasteiger partial charge in [0, 0.05) is 25.5 Å². The average Bonchev–Trinajstić information content (AvgIpc) is 3.03. The van der Waals surface area contributed by atoms with Gasteiger partial charge in [-0.1, -0.05) is 36.4 Å².